The topological polar surface area (TPSA) is 48.8 Å². The van der Waals surface area contributed by atoms with Gasteiger partial charge in [-0.1, -0.05) is 5.22 Å². The van der Waals surface area contributed by atoms with Gasteiger partial charge in [-0.25, -0.2) is 0 Å². The second-order valence-corrected chi connectivity index (χ2v) is 2.10. The second kappa shape index (κ2) is 6.07. The molecule has 58 valence electrons. The molecule has 0 aromatic heterocycles. The van der Waals surface area contributed by atoms with Crippen molar-refractivity contribution in [2.75, 3.05) is 7.05 Å². The van der Waals surface area contributed by atoms with Crippen molar-refractivity contribution in [1.29, 1.82) is 0 Å². The third-order valence-corrected chi connectivity index (χ3v) is 0.682. The van der Waals surface area contributed by atoms with Crippen LogP contribution in [0.2, 0.25) is 0 Å². The van der Waals surface area contributed by atoms with Crippen LogP contribution in [-0.2, 0) is 0 Å². The normalized spacial score (nSPS) is 11.6. The van der Waals surface area contributed by atoms with Gasteiger partial charge in [0.25, 0.3) is 0 Å². The Labute approximate surface area is 61.4 Å². The van der Waals surface area contributed by atoms with E-state index in [1.54, 1.807) is 12.4 Å². The first-order chi connectivity index (χ1) is 4.77. The summed E-state index contributed by atoms with van der Waals surface area (Å²) in [6, 6.07) is 0.340. The van der Waals surface area contributed by atoms with Crippen molar-refractivity contribution in [3.05, 3.63) is 12.4 Å². The predicted octanol–water partition coefficient (Wildman–Crippen LogP) is 1.04. The van der Waals surface area contributed by atoms with Crippen molar-refractivity contribution in [2.24, 2.45) is 10.3 Å². The minimum absolute atomic E-state index is 0.340. The summed E-state index contributed by atoms with van der Waals surface area (Å²) in [5.41, 5.74) is 2.78. The Hall–Kier alpha value is -1.06. The molecule has 0 saturated heterocycles. The monoisotopic (exact) mass is 142 g/mol. The molecule has 2 N–H and O–H groups in total. The molecule has 10 heavy (non-hydrogen) atoms. The summed E-state index contributed by atoms with van der Waals surface area (Å²) >= 11 is 0. The number of rotatable bonds is 4. The minimum atomic E-state index is 0.340. The highest BCUT2D eigenvalue weighted by atomic mass is 15.4. The lowest BCUT2D eigenvalue weighted by molar-refractivity contribution is 0.592. The van der Waals surface area contributed by atoms with E-state index in [-0.39, 0.29) is 0 Å². The van der Waals surface area contributed by atoms with Crippen LogP contribution in [-0.4, -0.2) is 13.1 Å². The van der Waals surface area contributed by atoms with Gasteiger partial charge in [0.2, 0.25) is 0 Å². The molecule has 0 aliphatic heterocycles. The molecular formula is C6H14N4. The summed E-state index contributed by atoms with van der Waals surface area (Å²) in [7, 11) is 1.81. The van der Waals surface area contributed by atoms with E-state index in [1.807, 2.05) is 20.9 Å². The summed E-state index contributed by atoms with van der Waals surface area (Å²) < 4.78 is 0. The molecule has 0 aromatic carbocycles. The Morgan fingerprint density at radius 2 is 2.10 bits per heavy atom. The van der Waals surface area contributed by atoms with Gasteiger partial charge in [-0.05, 0) is 13.8 Å². The van der Waals surface area contributed by atoms with Gasteiger partial charge in [-0.3, -0.25) is 5.43 Å². The van der Waals surface area contributed by atoms with Gasteiger partial charge in [-0.2, -0.15) is 0 Å². The van der Waals surface area contributed by atoms with E-state index in [1.165, 1.54) is 0 Å². The first-order valence-corrected chi connectivity index (χ1v) is 3.25. The average Bonchev–Trinajstić information content (AvgIpc) is 1.87. The summed E-state index contributed by atoms with van der Waals surface area (Å²) in [6.07, 6.45) is 3.28. The van der Waals surface area contributed by atoms with E-state index in [9.17, 15) is 0 Å². The van der Waals surface area contributed by atoms with Crippen LogP contribution < -0.4 is 10.7 Å². The number of nitrogens with one attached hydrogen (secondary N) is 2. The Bertz CT molecular complexity index is 117. The summed E-state index contributed by atoms with van der Waals surface area (Å²) in [6.45, 7) is 4.00. The Kier molecular flexibility index (Phi) is 5.42. The molecule has 0 rings (SSSR count). The zero-order valence-corrected chi connectivity index (χ0v) is 6.63. The SMILES string of the molecule is CN/C=C/N=N\NC(C)C. The molecule has 0 fully saturated rings. The fraction of sp³-hybridized carbons (Fsp3) is 0.667. The van der Waals surface area contributed by atoms with Gasteiger partial charge in [-0.15, -0.1) is 5.11 Å². The molecule has 4 nitrogen and oxygen atoms in total. The molecule has 0 bridgehead atoms. The van der Waals surface area contributed by atoms with Gasteiger partial charge in [0.15, 0.2) is 0 Å². The molecule has 0 aliphatic rings. The predicted molar refractivity (Wildman–Crippen MR) is 41.3 cm³/mol. The van der Waals surface area contributed by atoms with Crippen LogP contribution in [0.3, 0.4) is 0 Å². The van der Waals surface area contributed by atoms with Crippen LogP contribution in [0.25, 0.3) is 0 Å². The van der Waals surface area contributed by atoms with Gasteiger partial charge in [0.1, 0.15) is 0 Å². The van der Waals surface area contributed by atoms with E-state index < -0.39 is 0 Å². The standard InChI is InChI=1S/C6H14N4/c1-6(2)9-10-8-5-4-7-3/h4-7H,1-3H3,(H,8,9)/b5-4+. The zero-order valence-electron chi connectivity index (χ0n) is 6.63. The molecule has 0 saturated carbocycles. The molecule has 0 atom stereocenters. The van der Waals surface area contributed by atoms with Crippen molar-refractivity contribution >= 4 is 0 Å². The molecule has 0 unspecified atom stereocenters. The largest absolute Gasteiger partial charge is 0.393 e. The maximum Gasteiger partial charge on any atom is 0.0669 e. The van der Waals surface area contributed by atoms with Gasteiger partial charge >= 0.3 is 0 Å². The average molecular weight is 142 g/mol. The maximum atomic E-state index is 3.67. The third kappa shape index (κ3) is 6.94. The Balaban J connectivity index is 3.28. The third-order valence-electron chi connectivity index (χ3n) is 0.682. The van der Waals surface area contributed by atoms with Gasteiger partial charge in [0.05, 0.1) is 6.20 Å². The second-order valence-electron chi connectivity index (χ2n) is 2.10. The molecular weight excluding hydrogens is 128 g/mol. The van der Waals surface area contributed by atoms with E-state index in [0.717, 1.165) is 0 Å². The maximum absolute atomic E-state index is 3.67. The lowest BCUT2D eigenvalue weighted by Gasteiger charge is -1.98. The van der Waals surface area contributed by atoms with Gasteiger partial charge in [0, 0.05) is 19.3 Å². The Morgan fingerprint density at radius 3 is 2.60 bits per heavy atom. The lowest BCUT2D eigenvalue weighted by atomic mass is 10.4. The zero-order chi connectivity index (χ0) is 7.82. The number of hydrogen-bond acceptors (Lipinski definition) is 3. The summed E-state index contributed by atoms with van der Waals surface area (Å²) in [4.78, 5) is 0. The minimum Gasteiger partial charge on any atom is -0.393 e. The van der Waals surface area contributed by atoms with Crippen LogP contribution in [0.5, 0.6) is 0 Å². The van der Waals surface area contributed by atoms with Crippen molar-refractivity contribution in [3.8, 4) is 0 Å². The van der Waals surface area contributed by atoms with Crippen LogP contribution in [0.1, 0.15) is 13.8 Å². The fourth-order valence-corrected chi connectivity index (χ4v) is 0.290. The van der Waals surface area contributed by atoms with E-state index in [0.29, 0.717) is 6.04 Å². The Morgan fingerprint density at radius 1 is 1.40 bits per heavy atom. The quantitative estimate of drug-likeness (QED) is 0.455. The smallest absolute Gasteiger partial charge is 0.0669 e. The lowest BCUT2D eigenvalue weighted by Crippen LogP contribution is -2.14. The van der Waals surface area contributed by atoms with Crippen molar-refractivity contribution in [2.45, 2.75) is 19.9 Å². The molecule has 0 spiro atoms. The molecule has 4 heteroatoms. The molecule has 0 heterocycles. The first-order valence-electron chi connectivity index (χ1n) is 3.25. The fourth-order valence-electron chi connectivity index (χ4n) is 0.290. The molecule has 0 aromatic rings. The highest BCUT2D eigenvalue weighted by Gasteiger charge is 1.82. The van der Waals surface area contributed by atoms with Crippen LogP contribution >= 0.6 is 0 Å². The van der Waals surface area contributed by atoms with Gasteiger partial charge < -0.3 is 5.32 Å². The molecule has 0 aliphatic carbocycles. The van der Waals surface area contributed by atoms with E-state index >= 15 is 0 Å². The highest BCUT2D eigenvalue weighted by molar-refractivity contribution is 4.72. The highest BCUT2D eigenvalue weighted by Crippen LogP contribution is 1.77. The van der Waals surface area contributed by atoms with Crippen LogP contribution in [0, 0.1) is 0 Å². The van der Waals surface area contributed by atoms with E-state index in [4.69, 9.17) is 0 Å². The number of nitrogens with zero attached hydrogens (tertiary/aromatic N) is 2. The van der Waals surface area contributed by atoms with Crippen molar-refractivity contribution in [3.63, 3.8) is 0 Å². The molecule has 0 radical (unpaired) electrons. The van der Waals surface area contributed by atoms with Crippen LogP contribution in [0.15, 0.2) is 22.7 Å². The van der Waals surface area contributed by atoms with E-state index in [2.05, 4.69) is 21.1 Å². The first kappa shape index (κ1) is 8.94. The number of hydrogen-bond donors (Lipinski definition) is 2. The summed E-state index contributed by atoms with van der Waals surface area (Å²) in [5.74, 6) is 0. The van der Waals surface area contributed by atoms with Crippen LogP contribution in [0.4, 0.5) is 0 Å². The summed E-state index contributed by atoms with van der Waals surface area (Å²) in [5, 5.41) is 10.1. The van der Waals surface area contributed by atoms with Crippen molar-refractivity contribution in [1.82, 2.24) is 10.7 Å². The van der Waals surface area contributed by atoms with Crippen molar-refractivity contribution < 1.29 is 0 Å². The molecule has 0 amide bonds.